The minimum absolute atomic E-state index is 0.0913. The number of hydrogen-bond donors (Lipinski definition) is 3. The minimum atomic E-state index is -0.662. The molecule has 2 amide bonds. The van der Waals surface area contributed by atoms with Crippen molar-refractivity contribution in [3.8, 4) is 0 Å². The molecule has 0 bridgehead atoms. The molecular weight excluding hydrogens is 234 g/mol. The summed E-state index contributed by atoms with van der Waals surface area (Å²) in [6.45, 7) is 6.81. The third-order valence-corrected chi connectivity index (χ3v) is 2.73. The largest absolute Gasteiger partial charge is 0.385 e. The molecular formula is C12H25N3O3. The Kier molecular flexibility index (Phi) is 7.54. The lowest BCUT2D eigenvalue weighted by molar-refractivity contribution is -0.127. The summed E-state index contributed by atoms with van der Waals surface area (Å²) in [7, 11) is 1.62. The number of nitrogens with two attached hydrogens (primary N) is 1. The van der Waals surface area contributed by atoms with Crippen LogP contribution in [0.4, 0.5) is 0 Å². The number of methoxy groups -OCH3 is 1. The summed E-state index contributed by atoms with van der Waals surface area (Å²) in [5.74, 6) is -0.478. The Morgan fingerprint density at radius 3 is 2.50 bits per heavy atom. The highest BCUT2D eigenvalue weighted by Crippen LogP contribution is 2.12. The zero-order valence-corrected chi connectivity index (χ0v) is 11.7. The van der Waals surface area contributed by atoms with Crippen molar-refractivity contribution in [3.63, 3.8) is 0 Å². The van der Waals surface area contributed by atoms with Gasteiger partial charge in [0, 0.05) is 26.8 Å². The van der Waals surface area contributed by atoms with Gasteiger partial charge in [0.2, 0.25) is 11.8 Å². The topological polar surface area (TPSA) is 93.4 Å². The molecule has 0 saturated carbocycles. The summed E-state index contributed by atoms with van der Waals surface area (Å²) in [5.41, 5.74) is 4.59. The van der Waals surface area contributed by atoms with Gasteiger partial charge in [-0.25, -0.2) is 0 Å². The van der Waals surface area contributed by atoms with Gasteiger partial charge < -0.3 is 21.1 Å². The van der Waals surface area contributed by atoms with E-state index in [1.54, 1.807) is 27.9 Å². The van der Waals surface area contributed by atoms with Gasteiger partial charge in [-0.15, -0.1) is 0 Å². The fourth-order valence-corrected chi connectivity index (χ4v) is 1.17. The predicted molar refractivity (Wildman–Crippen MR) is 69.9 cm³/mol. The van der Waals surface area contributed by atoms with Crippen molar-refractivity contribution in [1.29, 1.82) is 0 Å². The molecule has 0 spiro atoms. The fraction of sp³-hybridized carbons (Fsp3) is 0.833. The van der Waals surface area contributed by atoms with Crippen molar-refractivity contribution in [2.24, 2.45) is 11.1 Å². The minimum Gasteiger partial charge on any atom is -0.385 e. The van der Waals surface area contributed by atoms with Gasteiger partial charge >= 0.3 is 0 Å². The van der Waals surface area contributed by atoms with Crippen LogP contribution in [0.5, 0.6) is 0 Å². The fourth-order valence-electron chi connectivity index (χ4n) is 1.17. The van der Waals surface area contributed by atoms with Crippen LogP contribution in [0.15, 0.2) is 0 Å². The maximum atomic E-state index is 11.7. The van der Waals surface area contributed by atoms with E-state index in [9.17, 15) is 9.59 Å². The number of primary amides is 1. The van der Waals surface area contributed by atoms with Crippen LogP contribution in [0.1, 0.15) is 27.2 Å². The zero-order chi connectivity index (χ0) is 14.2. The Labute approximate surface area is 109 Å². The molecule has 0 aromatic rings. The smallest absolute Gasteiger partial charge is 0.236 e. The number of ether oxygens (including phenoxy) is 1. The van der Waals surface area contributed by atoms with Crippen molar-refractivity contribution in [2.75, 3.05) is 26.8 Å². The van der Waals surface area contributed by atoms with E-state index >= 15 is 0 Å². The molecule has 18 heavy (non-hydrogen) atoms. The van der Waals surface area contributed by atoms with Crippen molar-refractivity contribution >= 4 is 11.8 Å². The van der Waals surface area contributed by atoms with E-state index in [-0.39, 0.29) is 17.9 Å². The third-order valence-electron chi connectivity index (χ3n) is 2.73. The average molecular weight is 259 g/mol. The van der Waals surface area contributed by atoms with Gasteiger partial charge in [-0.05, 0) is 27.2 Å². The molecule has 0 aromatic carbocycles. The highest BCUT2D eigenvalue weighted by atomic mass is 16.5. The summed E-state index contributed by atoms with van der Waals surface area (Å²) in [5, 5.41) is 5.79. The van der Waals surface area contributed by atoms with Crippen LogP contribution in [-0.2, 0) is 14.3 Å². The van der Waals surface area contributed by atoms with E-state index in [1.807, 2.05) is 0 Å². The van der Waals surface area contributed by atoms with Crippen LogP contribution >= 0.6 is 0 Å². The van der Waals surface area contributed by atoms with Crippen LogP contribution in [0, 0.1) is 5.41 Å². The number of carbonyl (C=O) groups is 2. The first-order valence-electron chi connectivity index (χ1n) is 6.11. The van der Waals surface area contributed by atoms with Crippen molar-refractivity contribution < 1.29 is 14.3 Å². The molecule has 6 heteroatoms. The Bertz CT molecular complexity index is 280. The second-order valence-corrected chi connectivity index (χ2v) is 4.99. The summed E-state index contributed by atoms with van der Waals surface area (Å²) < 4.78 is 4.88. The van der Waals surface area contributed by atoms with Crippen LogP contribution < -0.4 is 16.4 Å². The molecule has 4 N–H and O–H groups in total. The van der Waals surface area contributed by atoms with Gasteiger partial charge in [-0.2, -0.15) is 0 Å². The Balaban J connectivity index is 3.91. The monoisotopic (exact) mass is 259 g/mol. The Morgan fingerprint density at radius 1 is 1.39 bits per heavy atom. The van der Waals surface area contributed by atoms with Crippen LogP contribution in [0.2, 0.25) is 0 Å². The van der Waals surface area contributed by atoms with E-state index in [0.717, 1.165) is 6.42 Å². The normalized spacial score (nSPS) is 13.1. The summed E-state index contributed by atoms with van der Waals surface area (Å²) in [6, 6.07) is -0.355. The number of hydrogen-bond acceptors (Lipinski definition) is 4. The number of carbonyl (C=O) groups excluding carboxylic acids is 2. The number of rotatable bonds is 9. The molecule has 6 nitrogen and oxygen atoms in total. The lowest BCUT2D eigenvalue weighted by Crippen LogP contribution is -2.48. The van der Waals surface area contributed by atoms with E-state index in [2.05, 4.69) is 10.6 Å². The van der Waals surface area contributed by atoms with Crippen molar-refractivity contribution in [1.82, 2.24) is 10.6 Å². The molecule has 0 aliphatic carbocycles. The molecule has 1 atom stereocenters. The molecule has 0 radical (unpaired) electrons. The average Bonchev–Trinajstić information content (AvgIpc) is 2.31. The molecule has 106 valence electrons. The Morgan fingerprint density at radius 2 is 2.00 bits per heavy atom. The summed E-state index contributed by atoms with van der Waals surface area (Å²) in [6.07, 6.45) is 0.780. The first-order valence-corrected chi connectivity index (χ1v) is 6.11. The van der Waals surface area contributed by atoms with Crippen molar-refractivity contribution in [2.45, 2.75) is 33.2 Å². The maximum absolute atomic E-state index is 11.7. The van der Waals surface area contributed by atoms with E-state index in [4.69, 9.17) is 10.5 Å². The van der Waals surface area contributed by atoms with Gasteiger partial charge in [0.25, 0.3) is 0 Å². The second-order valence-electron chi connectivity index (χ2n) is 4.99. The quantitative estimate of drug-likeness (QED) is 0.492. The molecule has 0 aromatic heterocycles. The predicted octanol–water partition coefficient (Wildman–Crippen LogP) is -0.371. The zero-order valence-electron chi connectivity index (χ0n) is 11.7. The van der Waals surface area contributed by atoms with E-state index < -0.39 is 5.41 Å². The Hall–Kier alpha value is -1.14. The second kappa shape index (κ2) is 8.05. The van der Waals surface area contributed by atoms with Gasteiger partial charge in [0.15, 0.2) is 0 Å². The standard InChI is InChI=1S/C12H25N3O3/c1-9(10(16)14-6-5-7-18-4)15-8-12(2,3)11(13)17/h9,15H,5-8H2,1-4H3,(H2,13,17)(H,14,16). The van der Waals surface area contributed by atoms with Gasteiger partial charge in [0.05, 0.1) is 11.5 Å². The lowest BCUT2D eigenvalue weighted by Gasteiger charge is -2.23. The first-order chi connectivity index (χ1) is 8.31. The number of nitrogens with one attached hydrogen (secondary N) is 2. The SMILES string of the molecule is COCCCNC(=O)C(C)NCC(C)(C)C(N)=O. The number of amides is 2. The molecule has 0 heterocycles. The molecule has 0 aliphatic rings. The maximum Gasteiger partial charge on any atom is 0.236 e. The van der Waals surface area contributed by atoms with Crippen molar-refractivity contribution in [3.05, 3.63) is 0 Å². The van der Waals surface area contributed by atoms with Gasteiger partial charge in [-0.3, -0.25) is 9.59 Å². The van der Waals surface area contributed by atoms with E-state index in [1.165, 1.54) is 0 Å². The molecule has 0 fully saturated rings. The molecule has 0 rings (SSSR count). The molecule has 1 unspecified atom stereocenters. The van der Waals surface area contributed by atoms with Gasteiger partial charge in [0.1, 0.15) is 0 Å². The lowest BCUT2D eigenvalue weighted by atomic mass is 9.92. The van der Waals surface area contributed by atoms with Crippen LogP contribution in [0.25, 0.3) is 0 Å². The van der Waals surface area contributed by atoms with Gasteiger partial charge in [-0.1, -0.05) is 0 Å². The highest BCUT2D eigenvalue weighted by Gasteiger charge is 2.26. The summed E-state index contributed by atoms with van der Waals surface area (Å²) in [4.78, 5) is 22.8. The molecule has 0 saturated heterocycles. The third kappa shape index (κ3) is 6.56. The van der Waals surface area contributed by atoms with Crippen LogP contribution in [0.3, 0.4) is 0 Å². The van der Waals surface area contributed by atoms with E-state index in [0.29, 0.717) is 19.7 Å². The highest BCUT2D eigenvalue weighted by molar-refractivity contribution is 5.82. The van der Waals surface area contributed by atoms with Crippen LogP contribution in [-0.4, -0.2) is 44.7 Å². The first kappa shape index (κ1) is 16.9. The molecule has 0 aliphatic heterocycles. The summed E-state index contributed by atoms with van der Waals surface area (Å²) >= 11 is 0.